The van der Waals surface area contributed by atoms with E-state index in [0.29, 0.717) is 6.54 Å². The van der Waals surface area contributed by atoms with Crippen molar-refractivity contribution in [2.24, 2.45) is 0 Å². The second-order valence-corrected chi connectivity index (χ2v) is 6.22. The zero-order chi connectivity index (χ0) is 15.6. The van der Waals surface area contributed by atoms with E-state index >= 15 is 0 Å². The summed E-state index contributed by atoms with van der Waals surface area (Å²) in [7, 11) is 0. The highest BCUT2D eigenvalue weighted by Crippen LogP contribution is 2.29. The molecule has 4 heteroatoms. The number of fused-ring (bicyclic) bond motifs is 1. The van der Waals surface area contributed by atoms with E-state index in [1.165, 1.54) is 17.7 Å². The molecule has 1 aromatic heterocycles. The summed E-state index contributed by atoms with van der Waals surface area (Å²) < 4.78 is 5.93. The van der Waals surface area contributed by atoms with Crippen molar-refractivity contribution in [1.29, 1.82) is 0 Å². The highest BCUT2D eigenvalue weighted by atomic mass is 35.5. The Morgan fingerprint density at radius 3 is 2.78 bits per heavy atom. The number of para-hydroxylation sites is 1. The van der Waals surface area contributed by atoms with Crippen molar-refractivity contribution < 1.29 is 4.42 Å². The molecule has 0 saturated heterocycles. The molecule has 1 aliphatic rings. The fourth-order valence-electron chi connectivity index (χ4n) is 3.07. The lowest BCUT2D eigenvalue weighted by molar-refractivity contribution is 0.493. The van der Waals surface area contributed by atoms with Gasteiger partial charge in [-0.05, 0) is 48.7 Å². The van der Waals surface area contributed by atoms with Gasteiger partial charge in [0.1, 0.15) is 0 Å². The first-order valence-corrected chi connectivity index (χ1v) is 8.21. The number of nitrogens with zero attached hydrogens (tertiary/aromatic N) is 2. The Morgan fingerprint density at radius 2 is 1.91 bits per heavy atom. The number of rotatable bonds is 3. The molecule has 0 unspecified atom stereocenters. The molecule has 0 fully saturated rings. The summed E-state index contributed by atoms with van der Waals surface area (Å²) in [5, 5.41) is 0.721. The molecule has 2 heterocycles. The molecule has 23 heavy (non-hydrogen) atoms. The smallest absolute Gasteiger partial charge is 0.214 e. The van der Waals surface area contributed by atoms with Crippen LogP contribution in [0.2, 0.25) is 5.02 Å². The SMILES string of the molecule is Clc1ccc(-c2cnc(CN3CCCc4ccccc43)o2)cc1. The fourth-order valence-corrected chi connectivity index (χ4v) is 3.20. The Bertz CT molecular complexity index is 810. The number of oxazole rings is 1. The molecule has 0 spiro atoms. The lowest BCUT2D eigenvalue weighted by Gasteiger charge is -2.30. The maximum absolute atomic E-state index is 5.93. The van der Waals surface area contributed by atoms with Crippen molar-refractivity contribution in [3.63, 3.8) is 0 Å². The van der Waals surface area contributed by atoms with Crippen molar-refractivity contribution in [1.82, 2.24) is 4.98 Å². The Hall–Kier alpha value is -2.26. The molecule has 3 aromatic rings. The van der Waals surface area contributed by atoms with Gasteiger partial charge in [0.25, 0.3) is 0 Å². The second kappa shape index (κ2) is 6.09. The number of aryl methyl sites for hydroxylation is 1. The van der Waals surface area contributed by atoms with Gasteiger partial charge >= 0.3 is 0 Å². The summed E-state index contributed by atoms with van der Waals surface area (Å²) in [5.74, 6) is 1.52. The minimum Gasteiger partial charge on any atom is -0.439 e. The molecule has 0 atom stereocenters. The zero-order valence-corrected chi connectivity index (χ0v) is 13.5. The third kappa shape index (κ3) is 2.97. The molecule has 0 N–H and O–H groups in total. The molecule has 3 nitrogen and oxygen atoms in total. The standard InChI is InChI=1S/C19H17ClN2O/c20-16-9-7-15(8-10-16)18-12-21-19(23-18)13-22-11-3-5-14-4-1-2-6-17(14)22/h1-2,4,6-10,12H,3,5,11,13H2. The third-order valence-corrected chi connectivity index (χ3v) is 4.47. The van der Waals surface area contributed by atoms with Crippen molar-refractivity contribution in [2.75, 3.05) is 11.4 Å². The number of halogens is 1. The van der Waals surface area contributed by atoms with E-state index in [1.54, 1.807) is 6.20 Å². The molecule has 1 aliphatic heterocycles. The zero-order valence-electron chi connectivity index (χ0n) is 12.7. The summed E-state index contributed by atoms with van der Waals surface area (Å²) in [6, 6.07) is 16.2. The van der Waals surface area contributed by atoms with Crippen LogP contribution in [-0.4, -0.2) is 11.5 Å². The maximum Gasteiger partial charge on any atom is 0.214 e. The highest BCUT2D eigenvalue weighted by molar-refractivity contribution is 6.30. The first-order valence-electron chi connectivity index (χ1n) is 7.83. The number of hydrogen-bond acceptors (Lipinski definition) is 3. The van der Waals surface area contributed by atoms with Gasteiger partial charge in [-0.3, -0.25) is 0 Å². The predicted octanol–water partition coefficient (Wildman–Crippen LogP) is 4.95. The topological polar surface area (TPSA) is 29.3 Å². The summed E-state index contributed by atoms with van der Waals surface area (Å²) in [5.41, 5.74) is 3.69. The minimum atomic E-state index is 0.699. The van der Waals surface area contributed by atoms with Crippen molar-refractivity contribution >= 4 is 17.3 Å². The largest absolute Gasteiger partial charge is 0.439 e. The average Bonchev–Trinajstić information content (AvgIpc) is 3.04. The molecule has 0 amide bonds. The molecular weight excluding hydrogens is 308 g/mol. The summed E-state index contributed by atoms with van der Waals surface area (Å²) >= 11 is 5.93. The van der Waals surface area contributed by atoms with Crippen LogP contribution in [0.25, 0.3) is 11.3 Å². The van der Waals surface area contributed by atoms with Crippen LogP contribution in [0.1, 0.15) is 17.9 Å². The van der Waals surface area contributed by atoms with Gasteiger partial charge in [0.05, 0.1) is 12.7 Å². The van der Waals surface area contributed by atoms with Gasteiger partial charge in [-0.2, -0.15) is 0 Å². The van der Waals surface area contributed by atoms with Crippen LogP contribution in [0.5, 0.6) is 0 Å². The van der Waals surface area contributed by atoms with Crippen LogP contribution in [-0.2, 0) is 13.0 Å². The van der Waals surface area contributed by atoms with Crippen LogP contribution in [0.15, 0.2) is 59.1 Å². The monoisotopic (exact) mass is 324 g/mol. The Labute approximate surface area is 140 Å². The summed E-state index contributed by atoms with van der Waals surface area (Å²) in [6.45, 7) is 1.74. The van der Waals surface area contributed by atoms with Gasteiger partial charge in [0.2, 0.25) is 5.89 Å². The highest BCUT2D eigenvalue weighted by Gasteiger charge is 2.18. The molecule has 2 aromatic carbocycles. The number of aromatic nitrogens is 1. The van der Waals surface area contributed by atoms with Crippen LogP contribution in [0.3, 0.4) is 0 Å². The van der Waals surface area contributed by atoms with Gasteiger partial charge in [0.15, 0.2) is 5.76 Å². The Balaban J connectivity index is 1.56. The molecule has 0 radical (unpaired) electrons. The van der Waals surface area contributed by atoms with Gasteiger partial charge in [-0.25, -0.2) is 4.98 Å². The predicted molar refractivity (Wildman–Crippen MR) is 92.8 cm³/mol. The van der Waals surface area contributed by atoms with Crippen LogP contribution >= 0.6 is 11.6 Å². The molecule has 0 bridgehead atoms. The van der Waals surface area contributed by atoms with Crippen LogP contribution in [0.4, 0.5) is 5.69 Å². The molecule has 4 rings (SSSR count). The van der Waals surface area contributed by atoms with Crippen molar-refractivity contribution in [3.8, 4) is 11.3 Å². The number of anilines is 1. The van der Waals surface area contributed by atoms with E-state index in [9.17, 15) is 0 Å². The normalized spacial score (nSPS) is 13.9. The van der Waals surface area contributed by atoms with Crippen molar-refractivity contribution in [3.05, 3.63) is 71.2 Å². The molecule has 116 valence electrons. The van der Waals surface area contributed by atoms with Gasteiger partial charge < -0.3 is 9.32 Å². The lowest BCUT2D eigenvalue weighted by Crippen LogP contribution is -2.28. The first-order chi connectivity index (χ1) is 11.3. The third-order valence-electron chi connectivity index (χ3n) is 4.21. The number of hydrogen-bond donors (Lipinski definition) is 0. The van der Waals surface area contributed by atoms with E-state index < -0.39 is 0 Å². The van der Waals surface area contributed by atoms with E-state index in [0.717, 1.165) is 35.2 Å². The van der Waals surface area contributed by atoms with Gasteiger partial charge in [0, 0.05) is 22.8 Å². The number of benzene rings is 2. The molecule has 0 saturated carbocycles. The van der Waals surface area contributed by atoms with Crippen molar-refractivity contribution in [2.45, 2.75) is 19.4 Å². The Kier molecular flexibility index (Phi) is 3.80. The minimum absolute atomic E-state index is 0.699. The van der Waals surface area contributed by atoms with E-state index in [4.69, 9.17) is 16.0 Å². The first kappa shape index (κ1) is 14.3. The maximum atomic E-state index is 5.93. The summed E-state index contributed by atoms with van der Waals surface area (Å²) in [4.78, 5) is 6.78. The van der Waals surface area contributed by atoms with Crippen LogP contribution < -0.4 is 4.90 Å². The van der Waals surface area contributed by atoms with E-state index in [2.05, 4.69) is 34.1 Å². The summed E-state index contributed by atoms with van der Waals surface area (Å²) in [6.07, 6.45) is 4.10. The quantitative estimate of drug-likeness (QED) is 0.682. The molecule has 0 aliphatic carbocycles. The van der Waals surface area contributed by atoms with E-state index in [-0.39, 0.29) is 0 Å². The second-order valence-electron chi connectivity index (χ2n) is 5.78. The van der Waals surface area contributed by atoms with E-state index in [1.807, 2.05) is 24.3 Å². The van der Waals surface area contributed by atoms with Gasteiger partial charge in [-0.1, -0.05) is 29.8 Å². The Morgan fingerprint density at radius 1 is 1.09 bits per heavy atom. The molecular formula is C19H17ClN2O. The average molecular weight is 325 g/mol. The lowest BCUT2D eigenvalue weighted by atomic mass is 10.0. The fraction of sp³-hybridized carbons (Fsp3) is 0.211. The van der Waals surface area contributed by atoms with Crippen LogP contribution in [0, 0.1) is 0 Å². The van der Waals surface area contributed by atoms with Gasteiger partial charge in [-0.15, -0.1) is 0 Å².